The van der Waals surface area contributed by atoms with E-state index >= 15 is 0 Å². The molecule has 1 aromatic heterocycles. The highest BCUT2D eigenvalue weighted by molar-refractivity contribution is 7.90. The smallest absolute Gasteiger partial charge is 0.431 e. The standard InChI is InChI=1S/C16H14ClF3N2O4.C15H22ClNO2.C14H13NO7S.C5H12NO4P/c1-8(2)26-14(24)10-6-9(4-5-11(10)17)22-13(23)7-12(16(18,19)20)21(3)15(22)25;1-5-13-8-6-7-11(2)15(13)17(14(18)9-16)12(3)10-19-4;1-23(21,22)8-5-6-9(10(7-8)15(19)20)14(18)13-11(16)3-2-4-12(13)17;1-11(9,10)3-2-4(6)5(7)8/h4-8H,1-3H3;6-8,12H,5,9-10H2,1-4H3;5-7,13H,2-4H2,1H3;4H,2-3,6H2,1H3,(H,7,8)(H,9,10). The Morgan fingerprint density at radius 3 is 2.08 bits per heavy atom. The fourth-order valence-electron chi connectivity index (χ4n) is 7.50. The van der Waals surface area contributed by atoms with Crippen LogP contribution in [-0.2, 0) is 62.7 Å². The lowest BCUT2D eigenvalue weighted by atomic mass is 9.81. The van der Waals surface area contributed by atoms with Crippen LogP contribution in [0.5, 0.6) is 0 Å². The molecule has 4 aromatic rings. The number of carboxylic acids is 1. The highest BCUT2D eigenvalue weighted by atomic mass is 35.5. The van der Waals surface area contributed by atoms with Crippen molar-refractivity contribution in [1.29, 1.82) is 0 Å². The van der Waals surface area contributed by atoms with Gasteiger partial charge in [0.25, 0.3) is 11.2 Å². The lowest BCUT2D eigenvalue weighted by molar-refractivity contribution is -0.385. The highest BCUT2D eigenvalue weighted by Gasteiger charge is 2.39. The van der Waals surface area contributed by atoms with Crippen LogP contribution in [-0.4, -0.2) is 125 Å². The number of para-hydroxylation sites is 1. The van der Waals surface area contributed by atoms with E-state index in [1.807, 2.05) is 26.0 Å². The van der Waals surface area contributed by atoms with Crippen molar-refractivity contribution in [3.05, 3.63) is 125 Å². The number of carboxylic acid groups (broad SMARTS) is 1. The average Bonchev–Trinajstić information content (AvgIpc) is 3.35. The van der Waals surface area contributed by atoms with E-state index in [2.05, 4.69) is 13.0 Å². The van der Waals surface area contributed by atoms with Crippen molar-refractivity contribution < 1.29 is 79.3 Å². The summed E-state index contributed by atoms with van der Waals surface area (Å²) in [5.74, 6) is -5.65. The van der Waals surface area contributed by atoms with E-state index in [0.29, 0.717) is 28.2 Å². The SMILES string of the molecule is CC(C)OC(=O)c1cc(-n2c(=O)cc(C(F)(F)F)n(C)c2=O)ccc1Cl.CCc1cccc(C)c1N(C(=O)CCl)C(C)COC.CP(=O)(O)CCC(N)C(=O)O.CS(=O)(=O)c1ccc(C(=O)C2C(=O)CCCC2=O)c([N+](=O)[O-])c1. The number of hydrogen-bond acceptors (Lipinski definition) is 16. The van der Waals surface area contributed by atoms with Crippen molar-refractivity contribution in [2.24, 2.45) is 18.7 Å². The molecule has 0 radical (unpaired) electrons. The molecular formula is C50H61Cl2F3N5O17PS. The Balaban J connectivity index is 0.000000374. The van der Waals surface area contributed by atoms with Crippen LogP contribution in [0.2, 0.25) is 5.02 Å². The second-order valence-electron chi connectivity index (χ2n) is 18.1. The second-order valence-corrected chi connectivity index (χ2v) is 23.3. The van der Waals surface area contributed by atoms with Gasteiger partial charge in [-0.25, -0.2) is 22.6 Å². The van der Waals surface area contributed by atoms with Gasteiger partial charge in [0.2, 0.25) is 5.91 Å². The molecule has 1 saturated carbocycles. The molecule has 434 valence electrons. The summed E-state index contributed by atoms with van der Waals surface area (Å²) in [5, 5.41) is 19.4. The van der Waals surface area contributed by atoms with Gasteiger partial charge in [0.05, 0.1) is 56.1 Å². The Hall–Kier alpha value is -6.41. The number of anilines is 1. The first-order chi connectivity index (χ1) is 36.4. The zero-order valence-electron chi connectivity index (χ0n) is 44.4. The predicted octanol–water partition coefficient (Wildman–Crippen LogP) is 6.75. The number of esters is 1. The monoisotopic (exact) mass is 1190 g/mol. The van der Waals surface area contributed by atoms with Crippen molar-refractivity contribution in [2.75, 3.05) is 43.6 Å². The molecule has 22 nitrogen and oxygen atoms in total. The van der Waals surface area contributed by atoms with Gasteiger partial charge in [-0.1, -0.05) is 36.7 Å². The van der Waals surface area contributed by atoms with E-state index < -0.39 is 104 Å². The van der Waals surface area contributed by atoms with E-state index in [1.54, 1.807) is 25.9 Å². The summed E-state index contributed by atoms with van der Waals surface area (Å²) in [6.07, 6.45) is -3.06. The van der Waals surface area contributed by atoms with Crippen LogP contribution in [0, 0.1) is 23.0 Å². The number of aliphatic carboxylic acids is 1. The van der Waals surface area contributed by atoms with Crippen LogP contribution in [0.25, 0.3) is 5.69 Å². The van der Waals surface area contributed by atoms with Crippen molar-refractivity contribution in [2.45, 2.75) is 96.0 Å². The molecule has 3 atom stereocenters. The minimum Gasteiger partial charge on any atom is -0.480 e. The number of alkyl halides is 4. The maximum Gasteiger partial charge on any atom is 0.431 e. The maximum atomic E-state index is 12.9. The number of aryl methyl sites for hydroxylation is 2. The van der Waals surface area contributed by atoms with Gasteiger partial charge in [-0.2, -0.15) is 13.2 Å². The Labute approximate surface area is 462 Å². The molecule has 1 aliphatic carbocycles. The van der Waals surface area contributed by atoms with E-state index in [4.69, 9.17) is 48.4 Å². The first-order valence-corrected chi connectivity index (χ1v) is 28.8. The van der Waals surface area contributed by atoms with Gasteiger partial charge >= 0.3 is 23.8 Å². The third-order valence-corrected chi connectivity index (χ3v) is 14.1. The molecular weight excluding hydrogens is 1130 g/mol. The van der Waals surface area contributed by atoms with Crippen LogP contribution in [0.1, 0.15) is 90.9 Å². The number of amides is 1. The van der Waals surface area contributed by atoms with Crippen LogP contribution in [0.4, 0.5) is 24.5 Å². The van der Waals surface area contributed by atoms with Crippen LogP contribution in [0.3, 0.4) is 0 Å². The Bertz CT molecular complexity index is 3200. The number of benzene rings is 3. The largest absolute Gasteiger partial charge is 0.480 e. The number of nitro benzene ring substituents is 1. The number of rotatable bonds is 17. The number of nitro groups is 1. The molecule has 3 aromatic carbocycles. The molecule has 0 bridgehead atoms. The number of aromatic nitrogens is 2. The molecule has 1 aliphatic rings. The van der Waals surface area contributed by atoms with Gasteiger partial charge in [0.15, 0.2) is 34.6 Å². The average molecular weight is 1190 g/mol. The topological polar surface area (TPSA) is 329 Å². The van der Waals surface area contributed by atoms with E-state index in [9.17, 15) is 74.6 Å². The molecule has 3 unspecified atom stereocenters. The van der Waals surface area contributed by atoms with E-state index in [0.717, 1.165) is 60.8 Å². The fourth-order valence-corrected chi connectivity index (χ4v) is 9.22. The highest BCUT2D eigenvalue weighted by Crippen LogP contribution is 2.36. The van der Waals surface area contributed by atoms with Gasteiger partial charge in [-0.05, 0) is 88.4 Å². The van der Waals surface area contributed by atoms with Gasteiger partial charge in [0.1, 0.15) is 23.5 Å². The summed E-state index contributed by atoms with van der Waals surface area (Å²) in [7, 11) is -4.27. The van der Waals surface area contributed by atoms with Crippen molar-refractivity contribution in [3.63, 3.8) is 0 Å². The lowest BCUT2D eigenvalue weighted by Crippen LogP contribution is -2.43. The predicted molar refractivity (Wildman–Crippen MR) is 287 cm³/mol. The van der Waals surface area contributed by atoms with Gasteiger partial charge in [-0.15, -0.1) is 11.6 Å². The number of Topliss-reactive ketones (excluding diaryl/α,β-unsaturated/α-hetero) is 3. The number of nitrogens with two attached hydrogens (primary N) is 1. The summed E-state index contributed by atoms with van der Waals surface area (Å²) in [6.45, 7) is 11.0. The second kappa shape index (κ2) is 29.7. The number of ether oxygens (including phenoxy) is 2. The summed E-state index contributed by atoms with van der Waals surface area (Å²) < 4.78 is 83.3. The first-order valence-electron chi connectivity index (χ1n) is 23.7. The number of nitrogens with zero attached hydrogens (tertiary/aromatic N) is 4. The van der Waals surface area contributed by atoms with Crippen LogP contribution in [0.15, 0.2) is 75.1 Å². The molecule has 0 aliphatic heterocycles. The number of sulfone groups is 1. The molecule has 1 amide bonds. The molecule has 79 heavy (non-hydrogen) atoms. The molecule has 5 rings (SSSR count). The summed E-state index contributed by atoms with van der Waals surface area (Å²) in [5.41, 5.74) is 3.13. The minimum absolute atomic E-state index is 0.0104. The first kappa shape index (κ1) is 68.7. The van der Waals surface area contributed by atoms with Crippen molar-refractivity contribution >= 4 is 87.0 Å². The fraction of sp³-hybridized carbons (Fsp3) is 0.440. The quantitative estimate of drug-likeness (QED) is 0.0187. The van der Waals surface area contributed by atoms with Crippen molar-refractivity contribution in [1.82, 2.24) is 9.13 Å². The number of ketones is 3. The Morgan fingerprint density at radius 1 is 1.00 bits per heavy atom. The van der Waals surface area contributed by atoms with Gasteiger partial charge < -0.3 is 30.1 Å². The van der Waals surface area contributed by atoms with Gasteiger partial charge in [0, 0.05) is 58.2 Å². The number of carbonyl (C=O) groups is 6. The molecule has 29 heteroatoms. The molecule has 0 saturated heterocycles. The number of carbonyl (C=O) groups excluding carboxylic acids is 5. The minimum atomic E-state index is -4.86. The normalized spacial score (nSPS) is 14.2. The maximum absolute atomic E-state index is 12.9. The van der Waals surface area contributed by atoms with Crippen LogP contribution < -0.4 is 21.9 Å². The summed E-state index contributed by atoms with van der Waals surface area (Å²) in [6, 6.07) is 11.7. The van der Waals surface area contributed by atoms with Crippen molar-refractivity contribution in [3.8, 4) is 5.69 Å². The van der Waals surface area contributed by atoms with Crippen LogP contribution >= 0.6 is 30.6 Å². The zero-order chi connectivity index (χ0) is 60.7. The molecule has 1 heterocycles. The molecule has 1 fully saturated rings. The third kappa shape index (κ3) is 19.7. The zero-order valence-corrected chi connectivity index (χ0v) is 47.6. The summed E-state index contributed by atoms with van der Waals surface area (Å²) in [4.78, 5) is 115. The van der Waals surface area contributed by atoms with E-state index in [1.165, 1.54) is 18.8 Å². The molecule has 0 spiro atoms. The third-order valence-electron chi connectivity index (χ3n) is 11.3. The lowest BCUT2D eigenvalue weighted by Gasteiger charge is -2.31. The Kier molecular flexibility index (Phi) is 25.8. The number of halogens is 5. The number of methoxy groups -OCH3 is 1. The summed E-state index contributed by atoms with van der Waals surface area (Å²) >= 11 is 11.7. The number of hydrogen-bond donors (Lipinski definition) is 3. The van der Waals surface area contributed by atoms with Gasteiger partial charge in [-0.3, -0.25) is 48.0 Å². The van der Waals surface area contributed by atoms with E-state index in [-0.39, 0.29) is 64.4 Å². The Morgan fingerprint density at radius 2 is 1.59 bits per heavy atom. The molecule has 4 N–H and O–H groups in total.